The Kier molecular flexibility index (Phi) is 7.06. The van der Waals surface area contributed by atoms with Crippen LogP contribution in [0.3, 0.4) is 0 Å². The molecule has 1 heterocycles. The second-order valence-corrected chi connectivity index (χ2v) is 5.99. The number of hydrogen-bond acceptors (Lipinski definition) is 4. The number of nitrogens with zero attached hydrogens (tertiary/aromatic N) is 2. The van der Waals surface area contributed by atoms with Crippen LogP contribution in [0.15, 0.2) is 24.4 Å². The number of aromatic nitrogens is 2. The minimum absolute atomic E-state index is 0.590. The van der Waals surface area contributed by atoms with E-state index in [0.717, 1.165) is 35.8 Å². The smallest absolute Gasteiger partial charge is 0.170 e. The monoisotopic (exact) mass is 362 g/mol. The van der Waals surface area contributed by atoms with Crippen molar-refractivity contribution in [1.82, 2.24) is 15.1 Å². The van der Waals surface area contributed by atoms with Crippen molar-refractivity contribution in [3.8, 4) is 11.5 Å². The van der Waals surface area contributed by atoms with E-state index in [2.05, 4.69) is 21.8 Å². The largest absolute Gasteiger partial charge is 0.490 e. The molecule has 0 aliphatic carbocycles. The molecule has 6 nitrogen and oxygen atoms in total. The van der Waals surface area contributed by atoms with E-state index in [4.69, 9.17) is 21.7 Å². The van der Waals surface area contributed by atoms with Gasteiger partial charge in [-0.3, -0.25) is 4.68 Å². The first kappa shape index (κ1) is 19.1. The van der Waals surface area contributed by atoms with Gasteiger partial charge in [0, 0.05) is 19.8 Å². The van der Waals surface area contributed by atoms with E-state index in [9.17, 15) is 0 Å². The molecule has 7 heteroatoms. The van der Waals surface area contributed by atoms with Crippen LogP contribution < -0.4 is 20.1 Å². The summed E-state index contributed by atoms with van der Waals surface area (Å²) in [5.74, 6) is 1.57. The molecule has 1 aromatic carbocycles. The highest BCUT2D eigenvalue weighted by Crippen LogP contribution is 2.28. The molecule has 136 valence electrons. The number of ether oxygens (including phenoxy) is 2. The third-order valence-electron chi connectivity index (χ3n) is 3.57. The quantitative estimate of drug-likeness (QED) is 0.704. The molecule has 0 spiro atoms. The fourth-order valence-electron chi connectivity index (χ4n) is 2.46. The maximum atomic E-state index is 5.66. The first-order valence-electron chi connectivity index (χ1n) is 8.47. The predicted octanol–water partition coefficient (Wildman–Crippen LogP) is 3.06. The molecule has 2 rings (SSSR count). The van der Waals surface area contributed by atoms with Gasteiger partial charge in [-0.15, -0.1) is 0 Å². The molecule has 1 aromatic heterocycles. The van der Waals surface area contributed by atoms with E-state index in [1.807, 2.05) is 46.1 Å². The van der Waals surface area contributed by atoms with Gasteiger partial charge in [-0.05, 0) is 57.1 Å². The summed E-state index contributed by atoms with van der Waals surface area (Å²) in [5, 5.41) is 11.3. The van der Waals surface area contributed by atoms with E-state index in [1.165, 1.54) is 5.56 Å². The Morgan fingerprint density at radius 3 is 2.56 bits per heavy atom. The molecule has 0 bridgehead atoms. The number of anilines is 1. The summed E-state index contributed by atoms with van der Waals surface area (Å²) in [5.41, 5.74) is 3.00. The average molecular weight is 362 g/mol. The summed E-state index contributed by atoms with van der Waals surface area (Å²) >= 11 is 5.34. The number of hydrogen-bond donors (Lipinski definition) is 2. The van der Waals surface area contributed by atoms with Crippen LogP contribution in [0.2, 0.25) is 0 Å². The van der Waals surface area contributed by atoms with Gasteiger partial charge in [0.15, 0.2) is 16.6 Å². The van der Waals surface area contributed by atoms with Crippen molar-refractivity contribution in [3.63, 3.8) is 0 Å². The van der Waals surface area contributed by atoms with Crippen LogP contribution in [0.5, 0.6) is 11.5 Å². The Balaban J connectivity index is 1.87. The zero-order chi connectivity index (χ0) is 18.2. The Morgan fingerprint density at radius 2 is 1.92 bits per heavy atom. The topological polar surface area (TPSA) is 60.3 Å². The zero-order valence-corrected chi connectivity index (χ0v) is 16.1. The first-order chi connectivity index (χ1) is 12.0. The van der Waals surface area contributed by atoms with Crippen molar-refractivity contribution in [1.29, 1.82) is 0 Å². The van der Waals surface area contributed by atoms with Crippen LogP contribution in [-0.2, 0) is 13.5 Å². The van der Waals surface area contributed by atoms with Crippen LogP contribution in [0.1, 0.15) is 25.1 Å². The van der Waals surface area contributed by atoms with Crippen molar-refractivity contribution in [2.24, 2.45) is 7.05 Å². The maximum absolute atomic E-state index is 5.66. The Hall–Kier alpha value is -2.28. The molecule has 0 radical (unpaired) electrons. The highest BCUT2D eigenvalue weighted by Gasteiger charge is 2.07. The van der Waals surface area contributed by atoms with E-state index in [-0.39, 0.29) is 0 Å². The summed E-state index contributed by atoms with van der Waals surface area (Å²) < 4.78 is 13.0. The molecule has 0 aliphatic heterocycles. The number of thiocarbonyl (C=S) groups is 1. The van der Waals surface area contributed by atoms with Crippen molar-refractivity contribution >= 4 is 23.0 Å². The van der Waals surface area contributed by atoms with Gasteiger partial charge in [-0.1, -0.05) is 6.07 Å². The Bertz CT molecular complexity index is 715. The molecule has 25 heavy (non-hydrogen) atoms. The van der Waals surface area contributed by atoms with Gasteiger partial charge in [0.05, 0.1) is 24.6 Å². The first-order valence-corrected chi connectivity index (χ1v) is 8.88. The molecular formula is C18H26N4O2S. The van der Waals surface area contributed by atoms with Gasteiger partial charge in [0.25, 0.3) is 0 Å². The number of benzene rings is 1. The highest BCUT2D eigenvalue weighted by molar-refractivity contribution is 7.80. The predicted molar refractivity (Wildman–Crippen MR) is 105 cm³/mol. The minimum Gasteiger partial charge on any atom is -0.490 e. The van der Waals surface area contributed by atoms with Crippen LogP contribution in [0.4, 0.5) is 5.69 Å². The fourth-order valence-corrected chi connectivity index (χ4v) is 2.67. The summed E-state index contributed by atoms with van der Waals surface area (Å²) in [6.45, 7) is 7.83. The van der Waals surface area contributed by atoms with Crippen LogP contribution in [0.25, 0.3) is 0 Å². The van der Waals surface area contributed by atoms with Crippen LogP contribution in [-0.4, -0.2) is 34.7 Å². The Morgan fingerprint density at radius 1 is 1.20 bits per heavy atom. The number of rotatable bonds is 8. The standard InChI is InChI=1S/C18H26N4O2S/c1-5-23-16-8-7-14(11-17(16)24-6-2)9-10-19-18(25)20-15-12-22(4)21-13(15)3/h7-8,11-12H,5-6,9-10H2,1-4H3,(H2,19,20,25). The molecule has 0 amide bonds. The third-order valence-corrected chi connectivity index (χ3v) is 3.82. The minimum atomic E-state index is 0.590. The third kappa shape index (κ3) is 5.63. The molecule has 0 atom stereocenters. The summed E-state index contributed by atoms with van der Waals surface area (Å²) in [7, 11) is 1.89. The van der Waals surface area contributed by atoms with E-state index >= 15 is 0 Å². The maximum Gasteiger partial charge on any atom is 0.170 e. The van der Waals surface area contributed by atoms with Crippen molar-refractivity contribution in [3.05, 3.63) is 35.7 Å². The molecule has 0 unspecified atom stereocenters. The van der Waals surface area contributed by atoms with E-state index < -0.39 is 0 Å². The molecule has 2 N–H and O–H groups in total. The second-order valence-electron chi connectivity index (χ2n) is 5.58. The second kappa shape index (κ2) is 9.27. The van der Waals surface area contributed by atoms with Crippen LogP contribution in [0, 0.1) is 6.92 Å². The average Bonchev–Trinajstić information content (AvgIpc) is 2.87. The van der Waals surface area contributed by atoms with Gasteiger partial charge in [-0.25, -0.2) is 0 Å². The van der Waals surface area contributed by atoms with Gasteiger partial charge < -0.3 is 20.1 Å². The van der Waals surface area contributed by atoms with Crippen LogP contribution >= 0.6 is 12.2 Å². The van der Waals surface area contributed by atoms with Crippen molar-refractivity contribution in [2.45, 2.75) is 27.2 Å². The highest BCUT2D eigenvalue weighted by atomic mass is 32.1. The lowest BCUT2D eigenvalue weighted by Crippen LogP contribution is -2.30. The van der Waals surface area contributed by atoms with Gasteiger partial charge in [-0.2, -0.15) is 5.10 Å². The van der Waals surface area contributed by atoms with Crippen molar-refractivity contribution in [2.75, 3.05) is 25.1 Å². The molecule has 2 aromatic rings. The number of aryl methyl sites for hydroxylation is 2. The fraction of sp³-hybridized carbons (Fsp3) is 0.444. The summed E-state index contributed by atoms with van der Waals surface area (Å²) in [6, 6.07) is 6.04. The summed E-state index contributed by atoms with van der Waals surface area (Å²) in [4.78, 5) is 0. The molecular weight excluding hydrogens is 336 g/mol. The SMILES string of the molecule is CCOc1ccc(CCNC(=S)Nc2cn(C)nc2C)cc1OCC. The molecule has 0 saturated heterocycles. The molecule has 0 saturated carbocycles. The van der Waals surface area contributed by atoms with Gasteiger partial charge >= 0.3 is 0 Å². The molecule has 0 aliphatic rings. The van der Waals surface area contributed by atoms with Gasteiger partial charge in [0.1, 0.15) is 0 Å². The lowest BCUT2D eigenvalue weighted by Gasteiger charge is -2.13. The normalized spacial score (nSPS) is 10.4. The Labute approximate surface area is 154 Å². The lowest BCUT2D eigenvalue weighted by atomic mass is 10.1. The molecule has 0 fully saturated rings. The van der Waals surface area contributed by atoms with E-state index in [0.29, 0.717) is 18.3 Å². The van der Waals surface area contributed by atoms with Gasteiger partial charge in [0.2, 0.25) is 0 Å². The van der Waals surface area contributed by atoms with Crippen molar-refractivity contribution < 1.29 is 9.47 Å². The summed E-state index contributed by atoms with van der Waals surface area (Å²) in [6.07, 6.45) is 2.74. The lowest BCUT2D eigenvalue weighted by molar-refractivity contribution is 0.287. The number of nitrogens with one attached hydrogen (secondary N) is 2. The van der Waals surface area contributed by atoms with E-state index in [1.54, 1.807) is 4.68 Å². The zero-order valence-electron chi connectivity index (χ0n) is 15.3.